The molecule has 2 aliphatic carbocycles. The lowest BCUT2D eigenvalue weighted by Gasteiger charge is -2.45. The molecule has 0 saturated heterocycles. The zero-order valence-corrected chi connectivity index (χ0v) is 10.8. The Hall–Kier alpha value is -0.550. The van der Waals surface area contributed by atoms with Gasteiger partial charge in [0.25, 0.3) is 0 Å². The van der Waals surface area contributed by atoms with Gasteiger partial charge in [0.15, 0.2) is 0 Å². The largest absolute Gasteiger partial charge is 0.299 e. The molecule has 1 N–H and O–H groups in total. The van der Waals surface area contributed by atoms with Gasteiger partial charge in [-0.2, -0.15) is 5.26 Å². The summed E-state index contributed by atoms with van der Waals surface area (Å²) in [6.07, 6.45) is 6.06. The van der Waals surface area contributed by atoms with E-state index in [0.717, 1.165) is 25.3 Å². The van der Waals surface area contributed by atoms with Crippen molar-refractivity contribution in [3.05, 3.63) is 0 Å². The topological polar surface area (TPSA) is 35.8 Å². The molecule has 2 aliphatic rings. The summed E-state index contributed by atoms with van der Waals surface area (Å²) in [5.74, 6) is 1.33. The molecule has 2 unspecified atom stereocenters. The van der Waals surface area contributed by atoms with E-state index in [1.807, 2.05) is 0 Å². The summed E-state index contributed by atoms with van der Waals surface area (Å²) >= 11 is 0. The van der Waals surface area contributed by atoms with E-state index >= 15 is 0 Å². The molecule has 90 valence electrons. The van der Waals surface area contributed by atoms with Gasteiger partial charge in [-0.3, -0.25) is 5.32 Å². The normalized spacial score (nSPS) is 38.0. The van der Waals surface area contributed by atoms with E-state index in [-0.39, 0.29) is 5.54 Å². The fourth-order valence-electron chi connectivity index (χ4n) is 3.00. The number of hydrogen-bond acceptors (Lipinski definition) is 2. The van der Waals surface area contributed by atoms with Crippen LogP contribution in [0.3, 0.4) is 0 Å². The molecule has 0 aromatic heterocycles. The molecule has 2 fully saturated rings. The van der Waals surface area contributed by atoms with Crippen LogP contribution in [-0.4, -0.2) is 12.1 Å². The summed E-state index contributed by atoms with van der Waals surface area (Å²) in [5, 5.41) is 13.1. The van der Waals surface area contributed by atoms with E-state index in [1.165, 1.54) is 19.3 Å². The lowest BCUT2D eigenvalue weighted by Crippen LogP contribution is -2.54. The van der Waals surface area contributed by atoms with Gasteiger partial charge in [-0.15, -0.1) is 0 Å². The monoisotopic (exact) mass is 220 g/mol. The minimum Gasteiger partial charge on any atom is -0.299 e. The number of nitrogens with zero attached hydrogens (tertiary/aromatic N) is 1. The first-order valence-corrected chi connectivity index (χ1v) is 6.64. The summed E-state index contributed by atoms with van der Waals surface area (Å²) < 4.78 is 0. The Morgan fingerprint density at radius 2 is 2.00 bits per heavy atom. The number of rotatable bonds is 3. The van der Waals surface area contributed by atoms with E-state index in [4.69, 9.17) is 0 Å². The van der Waals surface area contributed by atoms with E-state index in [0.29, 0.717) is 11.3 Å². The predicted molar refractivity (Wildman–Crippen MR) is 65.9 cm³/mol. The smallest absolute Gasteiger partial charge is 0.109 e. The lowest BCUT2D eigenvalue weighted by atomic mass is 9.64. The first-order valence-electron chi connectivity index (χ1n) is 6.64. The van der Waals surface area contributed by atoms with Gasteiger partial charge < -0.3 is 0 Å². The molecule has 2 atom stereocenters. The molecule has 0 amide bonds. The molecule has 2 rings (SSSR count). The third-order valence-corrected chi connectivity index (χ3v) is 4.50. The van der Waals surface area contributed by atoms with Crippen LogP contribution in [0.4, 0.5) is 0 Å². The van der Waals surface area contributed by atoms with Gasteiger partial charge in [-0.25, -0.2) is 0 Å². The molecule has 0 spiro atoms. The minimum atomic E-state index is -0.238. The van der Waals surface area contributed by atoms with Crippen LogP contribution >= 0.6 is 0 Å². The summed E-state index contributed by atoms with van der Waals surface area (Å²) in [5.41, 5.74) is 0.180. The van der Waals surface area contributed by atoms with Crippen LogP contribution in [0.15, 0.2) is 0 Å². The molecule has 2 heteroatoms. The molecule has 0 bridgehead atoms. The molecular weight excluding hydrogens is 196 g/mol. The summed E-state index contributed by atoms with van der Waals surface area (Å²) in [7, 11) is 0. The Morgan fingerprint density at radius 1 is 1.31 bits per heavy atom. The van der Waals surface area contributed by atoms with Crippen LogP contribution in [0.5, 0.6) is 0 Å². The fraction of sp³-hybridized carbons (Fsp3) is 0.929. The van der Waals surface area contributed by atoms with Gasteiger partial charge in [-0.05, 0) is 55.9 Å². The van der Waals surface area contributed by atoms with Crippen molar-refractivity contribution in [1.82, 2.24) is 5.32 Å². The molecule has 0 radical (unpaired) electrons. The van der Waals surface area contributed by atoms with Crippen molar-refractivity contribution in [3.8, 4) is 6.07 Å². The van der Waals surface area contributed by atoms with E-state index < -0.39 is 0 Å². The van der Waals surface area contributed by atoms with E-state index in [1.54, 1.807) is 0 Å². The minimum absolute atomic E-state index is 0.238. The molecule has 0 aromatic carbocycles. The Bertz CT molecular complexity index is 294. The molecule has 2 saturated carbocycles. The summed E-state index contributed by atoms with van der Waals surface area (Å²) in [6.45, 7) is 7.94. The SMILES string of the molecule is CC1CC(C)(C)CCC1(C#N)NCC1CC1. The van der Waals surface area contributed by atoms with Crippen molar-refractivity contribution in [3.63, 3.8) is 0 Å². The maximum atomic E-state index is 9.50. The molecule has 2 nitrogen and oxygen atoms in total. The standard InChI is InChI=1S/C14H24N2/c1-11-8-13(2,3)6-7-14(11,10-15)16-9-12-4-5-12/h11-12,16H,4-9H2,1-3H3. The van der Waals surface area contributed by atoms with Crippen molar-refractivity contribution in [2.45, 2.75) is 58.4 Å². The maximum absolute atomic E-state index is 9.50. The second-order valence-electron chi connectivity index (χ2n) is 6.68. The second-order valence-corrected chi connectivity index (χ2v) is 6.68. The summed E-state index contributed by atoms with van der Waals surface area (Å²) in [4.78, 5) is 0. The maximum Gasteiger partial charge on any atom is 0.109 e. The third-order valence-electron chi connectivity index (χ3n) is 4.50. The molecule has 0 aromatic rings. The van der Waals surface area contributed by atoms with Crippen molar-refractivity contribution < 1.29 is 0 Å². The van der Waals surface area contributed by atoms with Crippen LogP contribution in [0.2, 0.25) is 0 Å². The van der Waals surface area contributed by atoms with Crippen LogP contribution in [-0.2, 0) is 0 Å². The van der Waals surface area contributed by atoms with Crippen molar-refractivity contribution in [2.75, 3.05) is 6.54 Å². The van der Waals surface area contributed by atoms with Gasteiger partial charge in [0.2, 0.25) is 0 Å². The average molecular weight is 220 g/mol. The van der Waals surface area contributed by atoms with Crippen molar-refractivity contribution >= 4 is 0 Å². The fourth-order valence-corrected chi connectivity index (χ4v) is 3.00. The lowest BCUT2D eigenvalue weighted by molar-refractivity contribution is 0.109. The van der Waals surface area contributed by atoms with Gasteiger partial charge in [-0.1, -0.05) is 20.8 Å². The van der Waals surface area contributed by atoms with Crippen LogP contribution in [0, 0.1) is 28.6 Å². The first kappa shape index (κ1) is 11.9. The highest BCUT2D eigenvalue weighted by molar-refractivity contribution is 5.13. The van der Waals surface area contributed by atoms with E-state index in [9.17, 15) is 5.26 Å². The zero-order chi connectivity index (χ0) is 11.8. The quantitative estimate of drug-likeness (QED) is 0.793. The number of nitrogens with one attached hydrogen (secondary N) is 1. The third kappa shape index (κ3) is 2.40. The Kier molecular flexibility index (Phi) is 3.01. The molecule has 0 heterocycles. The van der Waals surface area contributed by atoms with Crippen molar-refractivity contribution in [1.29, 1.82) is 5.26 Å². The zero-order valence-electron chi connectivity index (χ0n) is 10.8. The second kappa shape index (κ2) is 4.04. The number of hydrogen-bond donors (Lipinski definition) is 1. The Labute approximate surface area is 99.4 Å². The molecular formula is C14H24N2. The van der Waals surface area contributed by atoms with Gasteiger partial charge in [0, 0.05) is 0 Å². The van der Waals surface area contributed by atoms with E-state index in [2.05, 4.69) is 32.2 Å². The van der Waals surface area contributed by atoms with Crippen LogP contribution in [0.25, 0.3) is 0 Å². The Balaban J connectivity index is 2.00. The molecule has 0 aliphatic heterocycles. The van der Waals surface area contributed by atoms with Crippen molar-refractivity contribution in [2.24, 2.45) is 17.3 Å². The predicted octanol–water partition coefficient (Wildman–Crippen LogP) is 3.09. The van der Waals surface area contributed by atoms with Gasteiger partial charge >= 0.3 is 0 Å². The van der Waals surface area contributed by atoms with Crippen LogP contribution < -0.4 is 5.32 Å². The molecule has 16 heavy (non-hydrogen) atoms. The van der Waals surface area contributed by atoms with Gasteiger partial charge in [0.1, 0.15) is 5.54 Å². The highest BCUT2D eigenvalue weighted by Crippen LogP contribution is 2.44. The average Bonchev–Trinajstić information content (AvgIpc) is 3.00. The van der Waals surface area contributed by atoms with Crippen LogP contribution in [0.1, 0.15) is 52.9 Å². The van der Waals surface area contributed by atoms with Gasteiger partial charge in [0.05, 0.1) is 6.07 Å². The summed E-state index contributed by atoms with van der Waals surface area (Å²) in [6, 6.07) is 2.58. The first-order chi connectivity index (χ1) is 7.47. The highest BCUT2D eigenvalue weighted by atomic mass is 15.0. The highest BCUT2D eigenvalue weighted by Gasteiger charge is 2.44. The Morgan fingerprint density at radius 3 is 2.50 bits per heavy atom. The number of nitriles is 1.